The number of hydrogen-bond acceptors (Lipinski definition) is 2. The Balaban J connectivity index is 1.80. The van der Waals surface area contributed by atoms with Crippen LogP contribution in [0.4, 0.5) is 0 Å². The van der Waals surface area contributed by atoms with Crippen molar-refractivity contribution in [1.82, 2.24) is 9.88 Å². The Hall–Kier alpha value is -2.36. The Morgan fingerprint density at radius 2 is 1.96 bits per heavy atom. The van der Waals surface area contributed by atoms with Crippen molar-refractivity contribution >= 4 is 29.1 Å². The largest absolute Gasteiger partial charge is 0.327 e. The molecule has 136 valence electrons. The smallest absolute Gasteiger partial charge is 0.254 e. The summed E-state index contributed by atoms with van der Waals surface area (Å²) in [6.45, 7) is 2.72. The number of halogens is 2. The van der Waals surface area contributed by atoms with Crippen molar-refractivity contribution in [2.75, 3.05) is 6.54 Å². The van der Waals surface area contributed by atoms with E-state index in [1.54, 1.807) is 24.4 Å². The maximum absolute atomic E-state index is 13.3. The first-order chi connectivity index (χ1) is 13.0. The van der Waals surface area contributed by atoms with Gasteiger partial charge in [0, 0.05) is 24.5 Å². The second-order valence-corrected chi connectivity index (χ2v) is 7.58. The van der Waals surface area contributed by atoms with Gasteiger partial charge in [-0.3, -0.25) is 9.78 Å². The number of carbonyl (C=O) groups is 1. The second-order valence-electron chi connectivity index (χ2n) is 6.77. The summed E-state index contributed by atoms with van der Waals surface area (Å²) in [7, 11) is 0. The quantitative estimate of drug-likeness (QED) is 0.573. The second kappa shape index (κ2) is 7.34. The Kier molecular flexibility index (Phi) is 4.90. The summed E-state index contributed by atoms with van der Waals surface area (Å²) in [6, 6.07) is 15.2. The molecule has 1 amide bonds. The summed E-state index contributed by atoms with van der Waals surface area (Å²) in [5, 5.41) is 0.824. The highest BCUT2D eigenvalue weighted by molar-refractivity contribution is 6.42. The molecule has 1 unspecified atom stereocenters. The number of nitrogens with zero attached hydrogens (tertiary/aromatic N) is 2. The molecule has 0 saturated carbocycles. The fourth-order valence-electron chi connectivity index (χ4n) is 3.67. The van der Waals surface area contributed by atoms with Crippen LogP contribution in [0.25, 0.3) is 0 Å². The molecule has 4 rings (SSSR count). The number of hydrogen-bond donors (Lipinski definition) is 0. The van der Waals surface area contributed by atoms with Crippen molar-refractivity contribution < 1.29 is 4.79 Å². The third kappa shape index (κ3) is 3.45. The first kappa shape index (κ1) is 18.0. The number of carbonyl (C=O) groups excluding carboxylic acids is 1. The maximum atomic E-state index is 13.3. The first-order valence-corrected chi connectivity index (χ1v) is 9.55. The number of benzene rings is 2. The number of aromatic nitrogens is 1. The predicted octanol–water partition coefficient (Wildman–Crippen LogP) is 5.48. The number of fused-ring (bicyclic) bond motifs is 1. The van der Waals surface area contributed by atoms with Crippen LogP contribution in [0, 0.1) is 6.92 Å². The minimum Gasteiger partial charge on any atom is -0.327 e. The molecule has 3 aromatic rings. The van der Waals surface area contributed by atoms with E-state index < -0.39 is 0 Å². The molecule has 0 fully saturated rings. The van der Waals surface area contributed by atoms with Gasteiger partial charge in [0.05, 0.1) is 16.1 Å². The lowest BCUT2D eigenvalue weighted by molar-refractivity contribution is 0.0694. The van der Waals surface area contributed by atoms with E-state index in [1.165, 1.54) is 11.1 Å². The van der Waals surface area contributed by atoms with E-state index in [2.05, 4.69) is 30.1 Å². The SMILES string of the molecule is Cc1ccc2c(c1)CCN(C(=O)c1ccc(Cl)c(Cl)c1)C2c1cccnc1. The maximum Gasteiger partial charge on any atom is 0.254 e. The van der Waals surface area contributed by atoms with E-state index in [0.717, 1.165) is 17.5 Å². The van der Waals surface area contributed by atoms with Crippen LogP contribution in [-0.4, -0.2) is 22.3 Å². The zero-order valence-electron chi connectivity index (χ0n) is 14.8. The topological polar surface area (TPSA) is 33.2 Å². The van der Waals surface area contributed by atoms with Crippen molar-refractivity contribution in [3.63, 3.8) is 0 Å². The van der Waals surface area contributed by atoms with Crippen LogP contribution in [0.1, 0.15) is 38.7 Å². The van der Waals surface area contributed by atoms with Crippen LogP contribution in [0.15, 0.2) is 60.9 Å². The van der Waals surface area contributed by atoms with Gasteiger partial charge in [0.25, 0.3) is 5.91 Å². The van der Waals surface area contributed by atoms with Gasteiger partial charge in [-0.2, -0.15) is 0 Å². The normalized spacial score (nSPS) is 16.1. The average Bonchev–Trinajstić information content (AvgIpc) is 2.69. The molecule has 0 radical (unpaired) electrons. The van der Waals surface area contributed by atoms with Gasteiger partial charge in [0.15, 0.2) is 0 Å². The number of pyridine rings is 1. The standard InChI is InChI=1S/C22H18Cl2N2O/c1-14-4-6-18-15(11-14)8-10-26(21(18)17-3-2-9-25-13-17)22(27)16-5-7-19(23)20(24)12-16/h2-7,9,11-13,21H,8,10H2,1H3. The molecule has 27 heavy (non-hydrogen) atoms. The van der Waals surface area contributed by atoms with Crippen LogP contribution >= 0.6 is 23.2 Å². The summed E-state index contributed by atoms with van der Waals surface area (Å²) in [5.74, 6) is -0.0614. The minimum atomic E-state index is -0.176. The Bertz CT molecular complexity index is 1000. The molecule has 2 heterocycles. The highest BCUT2D eigenvalue weighted by Crippen LogP contribution is 2.36. The zero-order valence-corrected chi connectivity index (χ0v) is 16.3. The molecule has 1 aliphatic heterocycles. The van der Waals surface area contributed by atoms with Crippen molar-refractivity contribution in [3.8, 4) is 0 Å². The molecule has 2 aromatic carbocycles. The third-order valence-electron chi connectivity index (χ3n) is 4.95. The lowest BCUT2D eigenvalue weighted by atomic mass is 9.87. The van der Waals surface area contributed by atoms with Crippen LogP contribution in [0.2, 0.25) is 10.0 Å². The summed E-state index contributed by atoms with van der Waals surface area (Å²) in [4.78, 5) is 19.5. The molecule has 0 spiro atoms. The fourth-order valence-corrected chi connectivity index (χ4v) is 3.96. The van der Waals surface area contributed by atoms with Gasteiger partial charge < -0.3 is 4.90 Å². The van der Waals surface area contributed by atoms with Crippen molar-refractivity contribution in [2.24, 2.45) is 0 Å². The van der Waals surface area contributed by atoms with Gasteiger partial charge in [0.2, 0.25) is 0 Å². The molecule has 0 aliphatic carbocycles. The minimum absolute atomic E-state index is 0.0614. The number of rotatable bonds is 2. The highest BCUT2D eigenvalue weighted by Gasteiger charge is 2.32. The van der Waals surface area contributed by atoms with E-state index in [9.17, 15) is 4.79 Å². The van der Waals surface area contributed by atoms with Crippen molar-refractivity contribution in [3.05, 3.63) is 98.8 Å². The van der Waals surface area contributed by atoms with Crippen LogP contribution in [0.3, 0.4) is 0 Å². The van der Waals surface area contributed by atoms with Crippen LogP contribution in [0.5, 0.6) is 0 Å². The summed E-state index contributed by atoms with van der Waals surface area (Å²) in [5.41, 5.74) is 5.18. The summed E-state index contributed by atoms with van der Waals surface area (Å²) >= 11 is 12.1. The number of aryl methyl sites for hydroxylation is 1. The lowest BCUT2D eigenvalue weighted by Gasteiger charge is -2.38. The molecule has 1 aromatic heterocycles. The highest BCUT2D eigenvalue weighted by atomic mass is 35.5. The Morgan fingerprint density at radius 1 is 1.11 bits per heavy atom. The predicted molar refractivity (Wildman–Crippen MR) is 108 cm³/mol. The van der Waals surface area contributed by atoms with Crippen LogP contribution < -0.4 is 0 Å². The third-order valence-corrected chi connectivity index (χ3v) is 5.69. The number of amides is 1. The van der Waals surface area contributed by atoms with E-state index >= 15 is 0 Å². The molecule has 3 nitrogen and oxygen atoms in total. The summed E-state index contributed by atoms with van der Waals surface area (Å²) in [6.07, 6.45) is 4.39. The zero-order chi connectivity index (χ0) is 19.0. The lowest BCUT2D eigenvalue weighted by Crippen LogP contribution is -2.40. The van der Waals surface area contributed by atoms with Crippen LogP contribution in [-0.2, 0) is 6.42 Å². The van der Waals surface area contributed by atoms with Gasteiger partial charge in [-0.1, -0.05) is 53.0 Å². The molecular formula is C22H18Cl2N2O. The van der Waals surface area contributed by atoms with Gasteiger partial charge in [-0.25, -0.2) is 0 Å². The first-order valence-electron chi connectivity index (χ1n) is 8.80. The van der Waals surface area contributed by atoms with Crippen molar-refractivity contribution in [1.29, 1.82) is 0 Å². The molecule has 0 bridgehead atoms. The molecule has 5 heteroatoms. The molecule has 1 atom stereocenters. The van der Waals surface area contributed by atoms with Gasteiger partial charge in [0.1, 0.15) is 0 Å². The van der Waals surface area contributed by atoms with Gasteiger partial charge in [-0.15, -0.1) is 0 Å². The average molecular weight is 397 g/mol. The monoisotopic (exact) mass is 396 g/mol. The molecular weight excluding hydrogens is 379 g/mol. The fraction of sp³-hybridized carbons (Fsp3) is 0.182. The molecule has 1 aliphatic rings. The van der Waals surface area contributed by atoms with Gasteiger partial charge >= 0.3 is 0 Å². The van der Waals surface area contributed by atoms with E-state index in [4.69, 9.17) is 23.2 Å². The van der Waals surface area contributed by atoms with Gasteiger partial charge in [-0.05, 0) is 54.3 Å². The molecule has 0 saturated heterocycles. The van der Waals surface area contributed by atoms with Crippen molar-refractivity contribution in [2.45, 2.75) is 19.4 Å². The Labute approximate surface area is 168 Å². The van der Waals surface area contributed by atoms with E-state index in [1.807, 2.05) is 23.2 Å². The summed E-state index contributed by atoms with van der Waals surface area (Å²) < 4.78 is 0. The van der Waals surface area contributed by atoms with E-state index in [0.29, 0.717) is 22.2 Å². The molecule has 0 N–H and O–H groups in total. The Morgan fingerprint density at radius 3 is 2.70 bits per heavy atom. The van der Waals surface area contributed by atoms with E-state index in [-0.39, 0.29) is 11.9 Å².